The number of nitrogens with zero attached hydrogens (tertiary/aromatic N) is 2. The van der Waals surface area contributed by atoms with Gasteiger partial charge >= 0.3 is 0 Å². The Morgan fingerprint density at radius 1 is 0.941 bits per heavy atom. The SMILES string of the molecule is COc1cccc(NC(=O)c2ccccc2NC(=O)c2cc(S(=O)(=O)N3CCCC3)cn2C)c1. The number of anilines is 2. The van der Waals surface area contributed by atoms with E-state index in [1.807, 2.05) is 0 Å². The van der Waals surface area contributed by atoms with E-state index < -0.39 is 21.8 Å². The summed E-state index contributed by atoms with van der Waals surface area (Å²) < 4.78 is 33.8. The van der Waals surface area contributed by atoms with Gasteiger partial charge in [-0.15, -0.1) is 0 Å². The van der Waals surface area contributed by atoms with Gasteiger partial charge in [0, 0.05) is 38.1 Å². The molecular weight excluding hydrogens is 456 g/mol. The Hall–Kier alpha value is -3.63. The number of aryl methyl sites for hydroxylation is 1. The van der Waals surface area contributed by atoms with E-state index in [0.29, 0.717) is 30.2 Å². The summed E-state index contributed by atoms with van der Waals surface area (Å²) in [5, 5.41) is 5.53. The van der Waals surface area contributed by atoms with E-state index in [-0.39, 0.29) is 16.2 Å². The van der Waals surface area contributed by atoms with E-state index >= 15 is 0 Å². The fourth-order valence-corrected chi connectivity index (χ4v) is 5.44. The lowest BCUT2D eigenvalue weighted by Crippen LogP contribution is -2.27. The molecule has 1 aliphatic heterocycles. The predicted octanol–water partition coefficient (Wildman–Crippen LogP) is 3.32. The number of methoxy groups -OCH3 is 1. The highest BCUT2D eigenvalue weighted by atomic mass is 32.2. The Labute approximate surface area is 198 Å². The van der Waals surface area contributed by atoms with Gasteiger partial charge in [0.15, 0.2) is 0 Å². The van der Waals surface area contributed by atoms with Crippen molar-refractivity contribution in [2.75, 3.05) is 30.8 Å². The molecule has 4 rings (SSSR count). The second kappa shape index (κ2) is 9.70. The van der Waals surface area contributed by atoms with Crippen molar-refractivity contribution in [3.05, 3.63) is 72.1 Å². The molecule has 0 aliphatic carbocycles. The Kier molecular flexibility index (Phi) is 6.71. The van der Waals surface area contributed by atoms with Gasteiger partial charge in [-0.3, -0.25) is 9.59 Å². The minimum atomic E-state index is -3.65. The summed E-state index contributed by atoms with van der Waals surface area (Å²) in [4.78, 5) is 26.0. The maximum Gasteiger partial charge on any atom is 0.272 e. The third-order valence-electron chi connectivity index (χ3n) is 5.66. The quantitative estimate of drug-likeness (QED) is 0.537. The molecule has 178 valence electrons. The maximum absolute atomic E-state index is 13.0. The fourth-order valence-electron chi connectivity index (χ4n) is 3.85. The van der Waals surface area contributed by atoms with Gasteiger partial charge in [0.2, 0.25) is 10.0 Å². The number of nitrogens with one attached hydrogen (secondary N) is 2. The second-order valence-corrected chi connectivity index (χ2v) is 9.91. The number of benzene rings is 2. The molecule has 0 saturated carbocycles. The lowest BCUT2D eigenvalue weighted by Gasteiger charge is -2.13. The van der Waals surface area contributed by atoms with Crippen LogP contribution in [0.1, 0.15) is 33.7 Å². The molecule has 0 radical (unpaired) electrons. The van der Waals surface area contributed by atoms with Crippen molar-refractivity contribution in [3.8, 4) is 5.75 Å². The van der Waals surface area contributed by atoms with Crippen molar-refractivity contribution in [2.45, 2.75) is 17.7 Å². The van der Waals surface area contributed by atoms with Crippen LogP contribution in [0.4, 0.5) is 11.4 Å². The van der Waals surface area contributed by atoms with Crippen LogP contribution in [-0.2, 0) is 17.1 Å². The molecule has 2 amide bonds. The summed E-state index contributed by atoms with van der Waals surface area (Å²) in [6, 6.07) is 14.9. The van der Waals surface area contributed by atoms with E-state index in [1.165, 1.54) is 28.2 Å². The molecular formula is C24H26N4O5S. The molecule has 1 fully saturated rings. The Balaban J connectivity index is 1.54. The summed E-state index contributed by atoms with van der Waals surface area (Å²) in [5.74, 6) is -0.330. The molecule has 34 heavy (non-hydrogen) atoms. The van der Waals surface area contributed by atoms with Crippen molar-refractivity contribution in [3.63, 3.8) is 0 Å². The van der Waals surface area contributed by atoms with Crippen molar-refractivity contribution >= 4 is 33.2 Å². The van der Waals surface area contributed by atoms with E-state index in [1.54, 1.807) is 55.6 Å². The lowest BCUT2D eigenvalue weighted by atomic mass is 10.1. The zero-order chi connectivity index (χ0) is 24.3. The Bertz CT molecular complexity index is 1330. The topological polar surface area (TPSA) is 110 Å². The molecule has 0 spiro atoms. The third kappa shape index (κ3) is 4.82. The van der Waals surface area contributed by atoms with E-state index in [2.05, 4.69) is 10.6 Å². The fraction of sp³-hybridized carbons (Fsp3) is 0.250. The Morgan fingerprint density at radius 3 is 2.41 bits per heavy atom. The van der Waals surface area contributed by atoms with Crippen molar-refractivity contribution < 1.29 is 22.7 Å². The first-order chi connectivity index (χ1) is 16.3. The van der Waals surface area contributed by atoms with Gasteiger partial charge in [0.05, 0.1) is 18.4 Å². The number of carbonyl (C=O) groups excluding carboxylic acids is 2. The van der Waals surface area contributed by atoms with Crippen molar-refractivity contribution in [1.82, 2.24) is 8.87 Å². The van der Waals surface area contributed by atoms with Gasteiger partial charge in [-0.25, -0.2) is 8.42 Å². The van der Waals surface area contributed by atoms with Crippen LogP contribution >= 0.6 is 0 Å². The van der Waals surface area contributed by atoms with Gasteiger partial charge in [0.1, 0.15) is 16.3 Å². The van der Waals surface area contributed by atoms with Gasteiger partial charge in [-0.05, 0) is 43.2 Å². The molecule has 0 unspecified atom stereocenters. The molecule has 9 nitrogen and oxygen atoms in total. The first-order valence-electron chi connectivity index (χ1n) is 10.8. The molecule has 1 saturated heterocycles. The first kappa shape index (κ1) is 23.5. The summed E-state index contributed by atoms with van der Waals surface area (Å²) >= 11 is 0. The maximum atomic E-state index is 13.0. The average Bonchev–Trinajstić information content (AvgIpc) is 3.50. The number of sulfonamides is 1. The normalized spacial score (nSPS) is 14.1. The third-order valence-corrected chi connectivity index (χ3v) is 7.53. The van der Waals surface area contributed by atoms with E-state index in [9.17, 15) is 18.0 Å². The second-order valence-electron chi connectivity index (χ2n) is 7.97. The van der Waals surface area contributed by atoms with Crippen molar-refractivity contribution in [1.29, 1.82) is 0 Å². The summed E-state index contributed by atoms with van der Waals surface area (Å²) in [6.45, 7) is 0.961. The van der Waals surface area contributed by atoms with Gasteiger partial charge in [-0.2, -0.15) is 4.31 Å². The van der Waals surface area contributed by atoms with Gasteiger partial charge in [0.25, 0.3) is 11.8 Å². The molecule has 10 heteroatoms. The van der Waals surface area contributed by atoms with Crippen LogP contribution in [0.15, 0.2) is 65.7 Å². The number of hydrogen-bond acceptors (Lipinski definition) is 5. The molecule has 1 aromatic heterocycles. The van der Waals surface area contributed by atoms with Gasteiger partial charge < -0.3 is 19.9 Å². The number of rotatable bonds is 7. The molecule has 1 aliphatic rings. The zero-order valence-corrected chi connectivity index (χ0v) is 19.8. The minimum absolute atomic E-state index is 0.0751. The average molecular weight is 483 g/mol. The lowest BCUT2D eigenvalue weighted by molar-refractivity contribution is 0.101. The molecule has 3 aromatic rings. The van der Waals surface area contributed by atoms with Crippen LogP contribution in [0.3, 0.4) is 0 Å². The zero-order valence-electron chi connectivity index (χ0n) is 18.9. The molecule has 2 aromatic carbocycles. The number of aromatic nitrogens is 1. The van der Waals surface area contributed by atoms with Gasteiger partial charge in [-0.1, -0.05) is 18.2 Å². The number of carbonyl (C=O) groups is 2. The molecule has 0 atom stereocenters. The monoisotopic (exact) mass is 482 g/mol. The highest BCUT2D eigenvalue weighted by Crippen LogP contribution is 2.24. The molecule has 0 bridgehead atoms. The smallest absolute Gasteiger partial charge is 0.272 e. The predicted molar refractivity (Wildman–Crippen MR) is 129 cm³/mol. The summed E-state index contributed by atoms with van der Waals surface area (Å²) in [6.07, 6.45) is 3.09. The number of amides is 2. The summed E-state index contributed by atoms with van der Waals surface area (Å²) in [5.41, 5.74) is 1.28. The highest BCUT2D eigenvalue weighted by Gasteiger charge is 2.29. The standard InChI is InChI=1S/C24H26N4O5S/c1-27-16-19(34(31,32)28-12-5-6-13-28)15-22(27)24(30)26-21-11-4-3-10-20(21)23(29)25-17-8-7-9-18(14-17)33-2/h3-4,7-11,14-16H,5-6,12-13H2,1-2H3,(H,25,29)(H,26,30). The number of para-hydroxylation sites is 1. The van der Waals surface area contributed by atoms with E-state index in [4.69, 9.17) is 4.74 Å². The van der Waals surface area contributed by atoms with Crippen LogP contribution in [0, 0.1) is 0 Å². The van der Waals surface area contributed by atoms with Crippen LogP contribution in [0.2, 0.25) is 0 Å². The number of ether oxygens (including phenoxy) is 1. The molecule has 2 heterocycles. The van der Waals surface area contributed by atoms with Crippen molar-refractivity contribution in [2.24, 2.45) is 7.05 Å². The summed E-state index contributed by atoms with van der Waals surface area (Å²) in [7, 11) is -0.501. The first-order valence-corrected chi connectivity index (χ1v) is 12.3. The van der Waals surface area contributed by atoms with Crippen LogP contribution in [-0.4, -0.2) is 49.3 Å². The largest absolute Gasteiger partial charge is 0.497 e. The highest BCUT2D eigenvalue weighted by molar-refractivity contribution is 7.89. The van der Waals surface area contributed by atoms with E-state index in [0.717, 1.165) is 12.8 Å². The number of hydrogen-bond donors (Lipinski definition) is 2. The van der Waals surface area contributed by atoms with Crippen LogP contribution in [0.5, 0.6) is 5.75 Å². The minimum Gasteiger partial charge on any atom is -0.497 e. The Morgan fingerprint density at radius 2 is 1.68 bits per heavy atom. The van der Waals surface area contributed by atoms with Crippen LogP contribution < -0.4 is 15.4 Å². The molecule has 2 N–H and O–H groups in total. The van der Waals surface area contributed by atoms with Crippen LogP contribution in [0.25, 0.3) is 0 Å².